The van der Waals surface area contributed by atoms with Gasteiger partial charge in [-0.25, -0.2) is 0 Å². The fourth-order valence-electron chi connectivity index (χ4n) is 4.81. The molecular weight excluding hydrogens is 304 g/mol. The summed E-state index contributed by atoms with van der Waals surface area (Å²) in [5.41, 5.74) is 2.15. The summed E-state index contributed by atoms with van der Waals surface area (Å²) in [5.74, 6) is 2.67. The zero-order chi connectivity index (χ0) is 15.8. The lowest BCUT2D eigenvalue weighted by Gasteiger charge is -2.33. The quantitative estimate of drug-likeness (QED) is 0.851. The minimum Gasteiger partial charge on any atom is -0.338 e. The SMILES string of the molecule is CSCc1ccc(C(=O)N2C[C@@H]3CN4CCCC[C@H]4[C@@H]3C2)cc1. The predicted octanol–water partition coefficient (Wildman–Crippen LogP) is 3.11. The van der Waals surface area contributed by atoms with E-state index in [2.05, 4.69) is 28.2 Å². The number of hydrogen-bond acceptors (Lipinski definition) is 3. The fourth-order valence-corrected chi connectivity index (χ4v) is 5.34. The van der Waals surface area contributed by atoms with Crippen molar-refractivity contribution in [3.05, 3.63) is 35.4 Å². The van der Waals surface area contributed by atoms with Gasteiger partial charge in [-0.3, -0.25) is 9.69 Å². The van der Waals surface area contributed by atoms with E-state index < -0.39 is 0 Å². The normalized spacial score (nSPS) is 30.3. The summed E-state index contributed by atoms with van der Waals surface area (Å²) in [5, 5.41) is 0. The van der Waals surface area contributed by atoms with Gasteiger partial charge in [0, 0.05) is 37.0 Å². The third-order valence-electron chi connectivity index (χ3n) is 5.92. The summed E-state index contributed by atoms with van der Waals surface area (Å²) >= 11 is 1.82. The molecule has 3 saturated heterocycles. The maximum atomic E-state index is 12.8. The molecule has 0 spiro atoms. The molecule has 4 heteroatoms. The summed E-state index contributed by atoms with van der Waals surface area (Å²) in [4.78, 5) is 17.6. The third-order valence-corrected chi connectivity index (χ3v) is 6.54. The Morgan fingerprint density at radius 3 is 2.78 bits per heavy atom. The number of carbonyl (C=O) groups excluding carboxylic acids is 1. The van der Waals surface area contributed by atoms with Gasteiger partial charge in [0.1, 0.15) is 0 Å². The van der Waals surface area contributed by atoms with E-state index >= 15 is 0 Å². The van der Waals surface area contributed by atoms with Crippen LogP contribution in [0.5, 0.6) is 0 Å². The van der Waals surface area contributed by atoms with Crippen LogP contribution in [0.15, 0.2) is 24.3 Å². The van der Waals surface area contributed by atoms with Crippen LogP contribution in [-0.4, -0.2) is 54.2 Å². The molecule has 3 aliphatic rings. The van der Waals surface area contributed by atoms with Crippen LogP contribution in [0.1, 0.15) is 35.2 Å². The van der Waals surface area contributed by atoms with Crippen molar-refractivity contribution in [1.29, 1.82) is 0 Å². The minimum absolute atomic E-state index is 0.234. The van der Waals surface area contributed by atoms with Crippen molar-refractivity contribution < 1.29 is 4.79 Å². The number of rotatable bonds is 3. The topological polar surface area (TPSA) is 23.6 Å². The van der Waals surface area contributed by atoms with Gasteiger partial charge in [0.2, 0.25) is 0 Å². The lowest BCUT2D eigenvalue weighted by atomic mass is 9.90. The number of hydrogen-bond donors (Lipinski definition) is 0. The standard InChI is InChI=1S/C19H26N2OS/c1-23-13-14-5-7-15(8-6-14)19(22)21-11-16-10-20-9-3-2-4-18(20)17(16)12-21/h5-8,16-18H,2-4,9-13H2,1H3/t16-,17+,18-/m0/s1. The molecular formula is C19H26N2OS. The first-order valence-corrected chi connectivity index (χ1v) is 10.3. The van der Waals surface area contributed by atoms with Crippen LogP contribution in [-0.2, 0) is 5.75 Å². The Bertz CT molecular complexity index is 573. The number of benzene rings is 1. The number of fused-ring (bicyclic) bond motifs is 3. The second-order valence-electron chi connectivity index (χ2n) is 7.32. The molecule has 1 aromatic carbocycles. The highest BCUT2D eigenvalue weighted by Gasteiger charge is 2.48. The average molecular weight is 330 g/mol. The molecule has 0 bridgehead atoms. The number of thioether (sulfide) groups is 1. The number of piperidine rings is 1. The van der Waals surface area contributed by atoms with Gasteiger partial charge in [-0.15, -0.1) is 0 Å². The summed E-state index contributed by atoms with van der Waals surface area (Å²) < 4.78 is 0. The first kappa shape index (κ1) is 15.5. The van der Waals surface area contributed by atoms with E-state index in [0.29, 0.717) is 5.92 Å². The van der Waals surface area contributed by atoms with Crippen LogP contribution in [0.4, 0.5) is 0 Å². The summed E-state index contributed by atoms with van der Waals surface area (Å²) in [6.07, 6.45) is 6.18. The number of carbonyl (C=O) groups is 1. The van der Waals surface area contributed by atoms with Gasteiger partial charge in [-0.05, 0) is 55.2 Å². The Hall–Kier alpha value is -1.00. The molecule has 23 heavy (non-hydrogen) atoms. The van der Waals surface area contributed by atoms with Crippen LogP contribution in [0.2, 0.25) is 0 Å². The van der Waals surface area contributed by atoms with E-state index in [1.807, 2.05) is 23.9 Å². The van der Waals surface area contributed by atoms with Gasteiger partial charge >= 0.3 is 0 Å². The number of likely N-dealkylation sites (tertiary alicyclic amines) is 1. The van der Waals surface area contributed by atoms with Gasteiger partial charge in [-0.1, -0.05) is 18.6 Å². The Labute approximate surface area is 143 Å². The van der Waals surface area contributed by atoms with Crippen LogP contribution < -0.4 is 0 Å². The van der Waals surface area contributed by atoms with Crippen LogP contribution >= 0.6 is 11.8 Å². The zero-order valence-corrected chi connectivity index (χ0v) is 14.7. The van der Waals surface area contributed by atoms with Gasteiger partial charge in [-0.2, -0.15) is 11.8 Å². The van der Waals surface area contributed by atoms with E-state index in [9.17, 15) is 4.79 Å². The zero-order valence-electron chi connectivity index (χ0n) is 13.9. The minimum atomic E-state index is 0.234. The molecule has 4 rings (SSSR count). The lowest BCUT2D eigenvalue weighted by molar-refractivity contribution is 0.0754. The second-order valence-corrected chi connectivity index (χ2v) is 8.19. The molecule has 0 N–H and O–H groups in total. The Morgan fingerprint density at radius 1 is 1.17 bits per heavy atom. The summed E-state index contributed by atoms with van der Waals surface area (Å²) in [7, 11) is 0. The highest BCUT2D eigenvalue weighted by atomic mass is 32.2. The van der Waals surface area contributed by atoms with Crippen molar-refractivity contribution in [3.63, 3.8) is 0 Å². The van der Waals surface area contributed by atoms with E-state index in [0.717, 1.165) is 36.4 Å². The molecule has 3 aliphatic heterocycles. The van der Waals surface area contributed by atoms with E-state index in [-0.39, 0.29) is 5.91 Å². The van der Waals surface area contributed by atoms with Gasteiger partial charge < -0.3 is 4.90 Å². The highest BCUT2D eigenvalue weighted by molar-refractivity contribution is 7.97. The molecule has 0 radical (unpaired) electrons. The Balaban J connectivity index is 1.43. The van der Waals surface area contributed by atoms with Gasteiger partial charge in [0.25, 0.3) is 5.91 Å². The largest absolute Gasteiger partial charge is 0.338 e. The molecule has 1 aromatic rings. The van der Waals surface area contributed by atoms with Gasteiger partial charge in [0.15, 0.2) is 0 Å². The number of nitrogens with zero attached hydrogens (tertiary/aromatic N) is 2. The van der Waals surface area contributed by atoms with E-state index in [1.54, 1.807) is 0 Å². The smallest absolute Gasteiger partial charge is 0.253 e. The fraction of sp³-hybridized carbons (Fsp3) is 0.632. The Morgan fingerprint density at radius 2 is 2.00 bits per heavy atom. The summed E-state index contributed by atoms with van der Waals surface area (Å²) in [6.45, 7) is 4.43. The molecule has 0 aliphatic carbocycles. The van der Waals surface area contributed by atoms with E-state index in [4.69, 9.17) is 0 Å². The van der Waals surface area contributed by atoms with Crippen molar-refractivity contribution >= 4 is 17.7 Å². The van der Waals surface area contributed by atoms with Crippen LogP contribution in [0.25, 0.3) is 0 Å². The average Bonchev–Trinajstić information content (AvgIpc) is 3.13. The lowest BCUT2D eigenvalue weighted by Crippen LogP contribution is -2.40. The monoisotopic (exact) mass is 330 g/mol. The first-order chi connectivity index (χ1) is 11.3. The van der Waals surface area contributed by atoms with Crippen molar-refractivity contribution in [3.8, 4) is 0 Å². The highest BCUT2D eigenvalue weighted by Crippen LogP contribution is 2.40. The Kier molecular flexibility index (Phi) is 4.37. The molecule has 0 aromatic heterocycles. The molecule has 124 valence electrons. The van der Waals surface area contributed by atoms with E-state index in [1.165, 1.54) is 37.9 Å². The molecule has 1 amide bonds. The first-order valence-electron chi connectivity index (χ1n) is 8.87. The van der Waals surface area contributed by atoms with Gasteiger partial charge in [0.05, 0.1) is 0 Å². The maximum Gasteiger partial charge on any atom is 0.253 e. The molecule has 0 saturated carbocycles. The van der Waals surface area contributed by atoms with Crippen molar-refractivity contribution in [2.45, 2.75) is 31.1 Å². The van der Waals surface area contributed by atoms with Crippen molar-refractivity contribution in [2.24, 2.45) is 11.8 Å². The summed E-state index contributed by atoms with van der Waals surface area (Å²) in [6, 6.07) is 8.96. The third kappa shape index (κ3) is 2.91. The second kappa shape index (κ2) is 6.48. The molecule has 3 atom stereocenters. The van der Waals surface area contributed by atoms with Crippen molar-refractivity contribution in [1.82, 2.24) is 9.80 Å². The van der Waals surface area contributed by atoms with Crippen LogP contribution in [0.3, 0.4) is 0 Å². The molecule has 3 fully saturated rings. The maximum absolute atomic E-state index is 12.8. The molecule has 0 unspecified atom stereocenters. The predicted molar refractivity (Wildman–Crippen MR) is 95.8 cm³/mol. The van der Waals surface area contributed by atoms with Crippen molar-refractivity contribution in [2.75, 3.05) is 32.4 Å². The molecule has 3 nitrogen and oxygen atoms in total. The van der Waals surface area contributed by atoms with Crippen LogP contribution in [0, 0.1) is 11.8 Å². The molecule has 3 heterocycles. The number of amides is 1.